The number of nitrogens with zero attached hydrogens (tertiary/aromatic N) is 2. The fourth-order valence-electron chi connectivity index (χ4n) is 2.90. The first kappa shape index (κ1) is 19.6. The van der Waals surface area contributed by atoms with Gasteiger partial charge in [-0.2, -0.15) is 0 Å². The number of imide groups is 1. The van der Waals surface area contributed by atoms with E-state index in [2.05, 4.69) is 5.32 Å². The summed E-state index contributed by atoms with van der Waals surface area (Å²) in [7, 11) is 1.49. The summed E-state index contributed by atoms with van der Waals surface area (Å²) >= 11 is 6.01. The molecule has 0 saturated carbocycles. The zero-order chi connectivity index (χ0) is 20.3. The summed E-state index contributed by atoms with van der Waals surface area (Å²) in [5.74, 6) is -1.38. The minimum absolute atomic E-state index is 0.166. The Morgan fingerprint density at radius 1 is 1.07 bits per heavy atom. The molecule has 4 amide bonds. The largest absolute Gasteiger partial charge is 0.332 e. The van der Waals surface area contributed by atoms with Gasteiger partial charge >= 0.3 is 0 Å². The first-order valence-electron chi connectivity index (χ1n) is 8.62. The highest BCUT2D eigenvalue weighted by atomic mass is 35.5. The molecule has 1 fully saturated rings. The van der Waals surface area contributed by atoms with E-state index in [0.29, 0.717) is 16.4 Å². The molecule has 2 aromatic rings. The second-order valence-corrected chi connectivity index (χ2v) is 6.77. The monoisotopic (exact) mass is 399 g/mol. The van der Waals surface area contributed by atoms with Crippen molar-refractivity contribution in [1.82, 2.24) is 4.90 Å². The molecule has 1 aliphatic rings. The average molecular weight is 400 g/mol. The van der Waals surface area contributed by atoms with Gasteiger partial charge < -0.3 is 10.2 Å². The highest BCUT2D eigenvalue weighted by molar-refractivity contribution is 6.33. The van der Waals surface area contributed by atoms with Crippen molar-refractivity contribution in [3.63, 3.8) is 0 Å². The quantitative estimate of drug-likeness (QED) is 0.783. The summed E-state index contributed by atoms with van der Waals surface area (Å²) in [5.41, 5.74) is 1.09. The van der Waals surface area contributed by atoms with Crippen molar-refractivity contribution < 1.29 is 19.2 Å². The van der Waals surface area contributed by atoms with Gasteiger partial charge in [0.15, 0.2) is 0 Å². The third kappa shape index (κ3) is 4.20. The van der Waals surface area contributed by atoms with Crippen LogP contribution in [-0.4, -0.2) is 42.1 Å². The molecule has 3 rings (SSSR count). The molecule has 144 valence electrons. The van der Waals surface area contributed by atoms with Crippen LogP contribution in [0, 0.1) is 0 Å². The van der Waals surface area contributed by atoms with E-state index in [1.165, 1.54) is 18.0 Å². The molecule has 28 heavy (non-hydrogen) atoms. The summed E-state index contributed by atoms with van der Waals surface area (Å²) in [6, 6.07) is 13.0. The molecular weight excluding hydrogens is 382 g/mol. The maximum absolute atomic E-state index is 12.7. The molecule has 0 aliphatic carbocycles. The van der Waals surface area contributed by atoms with Gasteiger partial charge in [-0.3, -0.25) is 24.1 Å². The molecule has 0 unspecified atom stereocenters. The Kier molecular flexibility index (Phi) is 5.75. The second kappa shape index (κ2) is 8.22. The topological polar surface area (TPSA) is 86.8 Å². The number of halogens is 1. The van der Waals surface area contributed by atoms with Crippen molar-refractivity contribution in [3.05, 3.63) is 59.1 Å². The SMILES string of the molecule is CN(CC(=O)Nc1ccccc1Cl)C(=O)c1cccc(N2C(=O)CCC2=O)c1. The van der Waals surface area contributed by atoms with E-state index in [9.17, 15) is 19.2 Å². The van der Waals surface area contributed by atoms with Gasteiger partial charge in [0, 0.05) is 25.5 Å². The lowest BCUT2D eigenvalue weighted by molar-refractivity contribution is -0.121. The van der Waals surface area contributed by atoms with Crippen LogP contribution in [0.4, 0.5) is 11.4 Å². The normalized spacial score (nSPS) is 13.6. The zero-order valence-corrected chi connectivity index (χ0v) is 15.9. The molecule has 1 aliphatic heterocycles. The lowest BCUT2D eigenvalue weighted by Crippen LogP contribution is -2.35. The van der Waals surface area contributed by atoms with Crippen molar-refractivity contribution in [1.29, 1.82) is 0 Å². The van der Waals surface area contributed by atoms with Crippen molar-refractivity contribution in [3.8, 4) is 0 Å². The molecule has 0 atom stereocenters. The number of hydrogen-bond donors (Lipinski definition) is 1. The fourth-order valence-corrected chi connectivity index (χ4v) is 3.09. The van der Waals surface area contributed by atoms with Crippen molar-refractivity contribution in [2.45, 2.75) is 12.8 Å². The molecule has 0 spiro atoms. The van der Waals surface area contributed by atoms with Gasteiger partial charge in [-0.25, -0.2) is 0 Å². The van der Waals surface area contributed by atoms with E-state index in [4.69, 9.17) is 11.6 Å². The average Bonchev–Trinajstić information content (AvgIpc) is 3.01. The van der Waals surface area contributed by atoms with Gasteiger partial charge in [0.25, 0.3) is 5.91 Å². The van der Waals surface area contributed by atoms with Crippen LogP contribution in [0.15, 0.2) is 48.5 Å². The van der Waals surface area contributed by atoms with Gasteiger partial charge in [0.1, 0.15) is 0 Å². The van der Waals surface area contributed by atoms with E-state index in [0.717, 1.165) is 4.90 Å². The number of nitrogens with one attached hydrogen (secondary N) is 1. The summed E-state index contributed by atoms with van der Waals surface area (Å²) < 4.78 is 0. The number of carbonyl (C=O) groups is 4. The lowest BCUT2D eigenvalue weighted by atomic mass is 10.1. The van der Waals surface area contributed by atoms with E-state index < -0.39 is 11.8 Å². The predicted molar refractivity (Wildman–Crippen MR) is 105 cm³/mol. The third-order valence-corrected chi connectivity index (χ3v) is 4.61. The van der Waals surface area contributed by atoms with Crippen molar-refractivity contribution in [2.24, 2.45) is 0 Å². The predicted octanol–water partition coefficient (Wildman–Crippen LogP) is 2.70. The number of rotatable bonds is 5. The minimum Gasteiger partial charge on any atom is -0.332 e. The van der Waals surface area contributed by atoms with Crippen LogP contribution >= 0.6 is 11.6 Å². The summed E-state index contributed by atoms with van der Waals surface area (Å²) in [5, 5.41) is 3.05. The molecule has 1 saturated heterocycles. The molecule has 0 radical (unpaired) electrons. The smallest absolute Gasteiger partial charge is 0.254 e. The summed E-state index contributed by atoms with van der Waals surface area (Å²) in [6.45, 7) is -0.185. The van der Waals surface area contributed by atoms with Crippen LogP contribution in [0.5, 0.6) is 0 Å². The Balaban J connectivity index is 1.69. The highest BCUT2D eigenvalue weighted by Crippen LogP contribution is 2.24. The summed E-state index contributed by atoms with van der Waals surface area (Å²) in [6.07, 6.45) is 0.332. The minimum atomic E-state index is -0.407. The van der Waals surface area contributed by atoms with E-state index in [-0.39, 0.29) is 36.8 Å². The number of amides is 4. The maximum atomic E-state index is 12.7. The van der Waals surface area contributed by atoms with Crippen LogP contribution in [0.2, 0.25) is 5.02 Å². The molecule has 0 bridgehead atoms. The van der Waals surface area contributed by atoms with Gasteiger partial charge in [-0.05, 0) is 30.3 Å². The molecule has 0 aromatic heterocycles. The Hall–Kier alpha value is -3.19. The van der Waals surface area contributed by atoms with Gasteiger partial charge in [-0.15, -0.1) is 0 Å². The molecule has 2 aromatic carbocycles. The van der Waals surface area contributed by atoms with Crippen molar-refractivity contribution in [2.75, 3.05) is 23.8 Å². The third-order valence-electron chi connectivity index (χ3n) is 4.28. The van der Waals surface area contributed by atoms with E-state index in [1.807, 2.05) is 0 Å². The molecule has 7 nitrogen and oxygen atoms in total. The van der Waals surface area contributed by atoms with Crippen LogP contribution < -0.4 is 10.2 Å². The number of para-hydroxylation sites is 1. The zero-order valence-electron chi connectivity index (χ0n) is 15.1. The van der Waals surface area contributed by atoms with Gasteiger partial charge in [0.05, 0.1) is 22.9 Å². The number of hydrogen-bond acceptors (Lipinski definition) is 4. The Morgan fingerprint density at radius 2 is 1.75 bits per heavy atom. The fraction of sp³-hybridized carbons (Fsp3) is 0.200. The molecule has 1 N–H and O–H groups in total. The second-order valence-electron chi connectivity index (χ2n) is 6.36. The molecular formula is C20H18ClN3O4. The number of anilines is 2. The van der Waals surface area contributed by atoms with E-state index in [1.54, 1.807) is 42.5 Å². The molecule has 8 heteroatoms. The van der Waals surface area contributed by atoms with Gasteiger partial charge in [-0.1, -0.05) is 29.8 Å². The standard InChI is InChI=1S/C20H18ClN3O4/c1-23(12-17(25)22-16-8-3-2-7-15(16)21)20(28)13-5-4-6-14(11-13)24-18(26)9-10-19(24)27/h2-8,11H,9-10,12H2,1H3,(H,22,25). The number of benzene rings is 2. The first-order chi connectivity index (χ1) is 13.4. The summed E-state index contributed by atoms with van der Waals surface area (Å²) in [4.78, 5) is 51.0. The molecule has 1 heterocycles. The van der Waals surface area contributed by atoms with Crippen molar-refractivity contribution >= 4 is 46.6 Å². The van der Waals surface area contributed by atoms with E-state index >= 15 is 0 Å². The van der Waals surface area contributed by atoms with Crippen LogP contribution in [-0.2, 0) is 14.4 Å². The number of likely N-dealkylation sites (N-methyl/N-ethyl adjacent to an activating group) is 1. The Labute approximate surface area is 166 Å². The number of carbonyl (C=O) groups excluding carboxylic acids is 4. The first-order valence-corrected chi connectivity index (χ1v) is 9.00. The van der Waals surface area contributed by atoms with Crippen LogP contribution in [0.25, 0.3) is 0 Å². The van der Waals surface area contributed by atoms with Crippen LogP contribution in [0.1, 0.15) is 23.2 Å². The Bertz CT molecular complexity index is 944. The lowest BCUT2D eigenvalue weighted by Gasteiger charge is -2.19. The maximum Gasteiger partial charge on any atom is 0.254 e. The highest BCUT2D eigenvalue weighted by Gasteiger charge is 2.30. The Morgan fingerprint density at radius 3 is 2.43 bits per heavy atom. The van der Waals surface area contributed by atoms with Gasteiger partial charge in [0.2, 0.25) is 17.7 Å². The van der Waals surface area contributed by atoms with Crippen LogP contribution in [0.3, 0.4) is 0 Å².